The van der Waals surface area contributed by atoms with Crippen molar-refractivity contribution in [2.75, 3.05) is 0 Å². The van der Waals surface area contributed by atoms with Crippen LogP contribution in [0.3, 0.4) is 0 Å². The second-order valence-corrected chi connectivity index (χ2v) is 12.6. The Morgan fingerprint density at radius 3 is 0.925 bits per heavy atom. The van der Waals surface area contributed by atoms with Gasteiger partial charge >= 0.3 is 0 Å². The highest BCUT2D eigenvalue weighted by Crippen LogP contribution is 2.45. The van der Waals surface area contributed by atoms with Gasteiger partial charge in [-0.2, -0.15) is 0 Å². The van der Waals surface area contributed by atoms with Crippen LogP contribution in [-0.4, -0.2) is 0 Å². The molecule has 6 aromatic carbocycles. The van der Waals surface area contributed by atoms with Gasteiger partial charge in [0, 0.05) is 0 Å². The Balaban J connectivity index is 1.55. The Hall–Kier alpha value is -4.25. The molecule has 0 saturated carbocycles. The second kappa shape index (κ2) is 11.5. The Labute approximate surface area is 239 Å². The van der Waals surface area contributed by atoms with Crippen LogP contribution in [0.15, 0.2) is 164 Å². The smallest absolute Gasteiger partial charge is 0.0622 e. The summed E-state index contributed by atoms with van der Waals surface area (Å²) in [5, 5.41) is 4.10. The molecule has 0 radical (unpaired) electrons. The van der Waals surface area contributed by atoms with Gasteiger partial charge in [0.15, 0.2) is 0 Å². The third-order valence-corrected chi connectivity index (χ3v) is 10.2. The van der Waals surface area contributed by atoms with Gasteiger partial charge in [-0.15, -0.1) is 0 Å². The maximum absolute atomic E-state index is 2.37. The summed E-state index contributed by atoms with van der Waals surface area (Å²) in [5.74, 6) is 0. The van der Waals surface area contributed by atoms with Crippen LogP contribution >= 0.6 is 7.92 Å². The van der Waals surface area contributed by atoms with E-state index in [0.717, 1.165) is 0 Å². The van der Waals surface area contributed by atoms with Crippen molar-refractivity contribution in [1.82, 2.24) is 0 Å². The van der Waals surface area contributed by atoms with Gasteiger partial charge in [-0.3, -0.25) is 0 Å². The molecule has 0 aromatic heterocycles. The van der Waals surface area contributed by atoms with Gasteiger partial charge in [0.2, 0.25) is 0 Å². The first-order valence-electron chi connectivity index (χ1n) is 13.9. The minimum Gasteiger partial charge on any atom is -0.0622 e. The van der Waals surface area contributed by atoms with E-state index >= 15 is 0 Å². The molecule has 40 heavy (non-hydrogen) atoms. The SMILES string of the molecule is Cc1ccc(P(c2ccc(C)cc2)c2ccc(C(c3ccccc3)(c3ccccc3)c3ccccc3)cc2)cc1. The molecular weight excluding hydrogens is 499 g/mol. The molecule has 0 fully saturated rings. The quantitative estimate of drug-likeness (QED) is 0.143. The second-order valence-electron chi connectivity index (χ2n) is 10.4. The molecule has 0 saturated heterocycles. The molecule has 194 valence electrons. The Morgan fingerprint density at radius 2 is 0.600 bits per heavy atom. The molecule has 0 N–H and O–H groups in total. The monoisotopic (exact) mass is 532 g/mol. The molecule has 1 heteroatoms. The molecule has 0 unspecified atom stereocenters. The molecule has 0 bridgehead atoms. The molecule has 0 nitrogen and oxygen atoms in total. The molecule has 0 aliphatic carbocycles. The van der Waals surface area contributed by atoms with E-state index in [9.17, 15) is 0 Å². The summed E-state index contributed by atoms with van der Waals surface area (Å²) < 4.78 is 0. The maximum Gasteiger partial charge on any atom is 0.0701 e. The number of rotatable bonds is 7. The first-order chi connectivity index (χ1) is 19.7. The van der Waals surface area contributed by atoms with Crippen LogP contribution in [0.1, 0.15) is 33.4 Å². The molecule has 0 atom stereocenters. The molecule has 0 amide bonds. The first-order valence-corrected chi connectivity index (χ1v) is 15.2. The van der Waals surface area contributed by atoms with Crippen LogP contribution in [0.5, 0.6) is 0 Å². The van der Waals surface area contributed by atoms with Crippen LogP contribution in [-0.2, 0) is 5.41 Å². The number of hydrogen-bond donors (Lipinski definition) is 0. The normalized spacial score (nSPS) is 11.5. The average Bonchev–Trinajstić information content (AvgIpc) is 3.02. The number of hydrogen-bond acceptors (Lipinski definition) is 0. The molecule has 6 aromatic rings. The van der Waals surface area contributed by atoms with E-state index in [0.29, 0.717) is 0 Å². The van der Waals surface area contributed by atoms with Crippen LogP contribution in [0.25, 0.3) is 0 Å². The van der Waals surface area contributed by atoms with Crippen LogP contribution in [0, 0.1) is 13.8 Å². The van der Waals surface area contributed by atoms with Crippen molar-refractivity contribution < 1.29 is 0 Å². The largest absolute Gasteiger partial charge is 0.0701 e. The van der Waals surface area contributed by atoms with Crippen molar-refractivity contribution in [2.45, 2.75) is 19.3 Å². The van der Waals surface area contributed by atoms with Gasteiger partial charge in [-0.05, 0) is 59.9 Å². The Bertz CT molecular complexity index is 1510. The number of benzene rings is 6. The van der Waals surface area contributed by atoms with E-state index < -0.39 is 13.3 Å². The highest BCUT2D eigenvalue weighted by atomic mass is 31.1. The minimum absolute atomic E-state index is 0.432. The highest BCUT2D eigenvalue weighted by molar-refractivity contribution is 7.79. The molecule has 0 spiro atoms. The van der Waals surface area contributed by atoms with E-state index in [1.807, 2.05) is 0 Å². The van der Waals surface area contributed by atoms with Crippen LogP contribution in [0.4, 0.5) is 0 Å². The fraction of sp³-hybridized carbons (Fsp3) is 0.0769. The molecular formula is C39H33P. The van der Waals surface area contributed by atoms with Crippen molar-refractivity contribution in [3.63, 3.8) is 0 Å². The lowest BCUT2D eigenvalue weighted by atomic mass is 9.65. The summed E-state index contributed by atoms with van der Waals surface area (Å²) in [6.45, 7) is 4.31. The van der Waals surface area contributed by atoms with E-state index in [1.54, 1.807) is 0 Å². The Kier molecular flexibility index (Phi) is 7.45. The summed E-state index contributed by atoms with van der Waals surface area (Å²) in [5.41, 5.74) is 7.20. The molecule has 6 rings (SSSR count). The predicted molar refractivity (Wildman–Crippen MR) is 173 cm³/mol. The molecule has 0 aliphatic heterocycles. The molecule has 0 aliphatic rings. The highest BCUT2D eigenvalue weighted by Gasteiger charge is 2.38. The summed E-state index contributed by atoms with van der Waals surface area (Å²) in [4.78, 5) is 0. The maximum atomic E-state index is 2.37. The van der Waals surface area contributed by atoms with E-state index in [1.165, 1.54) is 49.3 Å². The lowest BCUT2D eigenvalue weighted by Gasteiger charge is -2.37. The van der Waals surface area contributed by atoms with E-state index in [-0.39, 0.29) is 0 Å². The van der Waals surface area contributed by atoms with E-state index in [2.05, 4.69) is 178 Å². The van der Waals surface area contributed by atoms with Crippen molar-refractivity contribution in [3.8, 4) is 0 Å². The zero-order chi connectivity index (χ0) is 27.4. The summed E-state index contributed by atoms with van der Waals surface area (Å²) in [7, 11) is -0.682. The lowest BCUT2D eigenvalue weighted by molar-refractivity contribution is 0.745. The van der Waals surface area contributed by atoms with Crippen molar-refractivity contribution >= 4 is 23.8 Å². The van der Waals surface area contributed by atoms with Crippen LogP contribution in [0.2, 0.25) is 0 Å². The number of aryl methyl sites for hydroxylation is 2. The fourth-order valence-corrected chi connectivity index (χ4v) is 8.00. The summed E-state index contributed by atoms with van der Waals surface area (Å²) in [6, 6.07) is 60.4. The van der Waals surface area contributed by atoms with Gasteiger partial charge in [-0.1, -0.05) is 175 Å². The zero-order valence-corrected chi connectivity index (χ0v) is 23.9. The van der Waals surface area contributed by atoms with Gasteiger partial charge in [0.1, 0.15) is 0 Å². The topological polar surface area (TPSA) is 0 Å². The van der Waals surface area contributed by atoms with Gasteiger partial charge in [0.05, 0.1) is 5.41 Å². The van der Waals surface area contributed by atoms with Gasteiger partial charge in [0.25, 0.3) is 0 Å². The average molecular weight is 533 g/mol. The Morgan fingerprint density at radius 1 is 0.325 bits per heavy atom. The summed E-state index contributed by atoms with van der Waals surface area (Å²) >= 11 is 0. The predicted octanol–water partition coefficient (Wildman–Crippen LogP) is 8.44. The zero-order valence-electron chi connectivity index (χ0n) is 23.0. The third kappa shape index (κ3) is 4.92. The van der Waals surface area contributed by atoms with Gasteiger partial charge < -0.3 is 0 Å². The first kappa shape index (κ1) is 26.0. The van der Waals surface area contributed by atoms with Gasteiger partial charge in [-0.25, -0.2) is 0 Å². The van der Waals surface area contributed by atoms with Crippen molar-refractivity contribution in [2.24, 2.45) is 0 Å². The minimum atomic E-state index is -0.682. The standard InChI is InChI=1S/C39H33P/c1-30-18-24-36(25-19-30)40(37-26-20-31(2)21-27-37)38-28-22-35(23-29-38)39(32-12-6-3-7-13-32,33-14-8-4-9-15-33)34-16-10-5-11-17-34/h3-29H,1-2H3. The third-order valence-electron chi connectivity index (χ3n) is 7.76. The van der Waals surface area contributed by atoms with Crippen molar-refractivity contribution in [1.29, 1.82) is 0 Å². The molecule has 0 heterocycles. The van der Waals surface area contributed by atoms with E-state index in [4.69, 9.17) is 0 Å². The van der Waals surface area contributed by atoms with Crippen LogP contribution < -0.4 is 15.9 Å². The fourth-order valence-electron chi connectivity index (χ4n) is 5.76. The van der Waals surface area contributed by atoms with Crippen molar-refractivity contribution in [3.05, 3.63) is 197 Å². The summed E-state index contributed by atoms with van der Waals surface area (Å²) in [6.07, 6.45) is 0. The lowest BCUT2D eigenvalue weighted by Crippen LogP contribution is -2.31.